The zero-order chi connectivity index (χ0) is 15.7. The van der Waals surface area contributed by atoms with Crippen molar-refractivity contribution in [3.8, 4) is 5.75 Å². The summed E-state index contributed by atoms with van der Waals surface area (Å²) < 4.78 is 10.5. The van der Waals surface area contributed by atoms with Crippen LogP contribution in [0.15, 0.2) is 24.3 Å². The van der Waals surface area contributed by atoms with Crippen LogP contribution in [0.5, 0.6) is 5.75 Å². The second-order valence-corrected chi connectivity index (χ2v) is 5.25. The molecule has 1 amide bonds. The molecule has 0 saturated heterocycles. The summed E-state index contributed by atoms with van der Waals surface area (Å²) in [6.07, 6.45) is 0.461. The Morgan fingerprint density at radius 2 is 2.14 bits per heavy atom. The van der Waals surface area contributed by atoms with Crippen LogP contribution in [-0.4, -0.2) is 44.0 Å². The summed E-state index contributed by atoms with van der Waals surface area (Å²) in [6.45, 7) is 4.54. The highest BCUT2D eigenvalue weighted by Crippen LogP contribution is 2.19. The lowest BCUT2D eigenvalue weighted by molar-refractivity contribution is -0.124. The summed E-state index contributed by atoms with van der Waals surface area (Å²) in [5.74, 6) is 0.875. The monoisotopic (exact) mass is 295 g/mol. The van der Waals surface area contributed by atoms with Crippen molar-refractivity contribution in [2.24, 2.45) is 0 Å². The number of aliphatic hydroxyl groups excluding tert-OH is 1. The first-order chi connectivity index (χ1) is 10.1. The summed E-state index contributed by atoms with van der Waals surface area (Å²) in [5, 5.41) is 11.7. The topological polar surface area (TPSA) is 67.8 Å². The average Bonchev–Trinajstić information content (AvgIpc) is 2.46. The Labute approximate surface area is 126 Å². The van der Waals surface area contributed by atoms with E-state index in [-0.39, 0.29) is 25.2 Å². The molecule has 5 heteroatoms. The second kappa shape index (κ2) is 9.37. The molecule has 1 atom stereocenters. The molecule has 0 aliphatic heterocycles. The molecule has 1 aromatic rings. The minimum Gasteiger partial charge on any atom is -0.484 e. The number of ether oxygens (including phenoxy) is 2. The predicted molar refractivity (Wildman–Crippen MR) is 81.5 cm³/mol. The van der Waals surface area contributed by atoms with Crippen molar-refractivity contribution in [2.45, 2.75) is 32.2 Å². The highest BCUT2D eigenvalue weighted by atomic mass is 16.5. The average molecular weight is 295 g/mol. The number of nitrogens with one attached hydrogen (secondary N) is 1. The minimum atomic E-state index is -0.222. The molecule has 0 heterocycles. The van der Waals surface area contributed by atoms with Crippen molar-refractivity contribution in [3.63, 3.8) is 0 Å². The zero-order valence-electron chi connectivity index (χ0n) is 13.0. The molecular formula is C16H25NO4. The van der Waals surface area contributed by atoms with Gasteiger partial charge in [-0.25, -0.2) is 0 Å². The second-order valence-electron chi connectivity index (χ2n) is 5.25. The molecule has 1 aromatic carbocycles. The maximum absolute atomic E-state index is 11.8. The van der Waals surface area contributed by atoms with E-state index < -0.39 is 0 Å². The predicted octanol–water partition coefficient (Wildman–Crippen LogP) is 1.70. The van der Waals surface area contributed by atoms with Gasteiger partial charge in [-0.15, -0.1) is 0 Å². The van der Waals surface area contributed by atoms with Gasteiger partial charge < -0.3 is 19.9 Å². The van der Waals surface area contributed by atoms with Crippen LogP contribution < -0.4 is 10.1 Å². The van der Waals surface area contributed by atoms with Crippen molar-refractivity contribution in [3.05, 3.63) is 29.8 Å². The molecule has 21 heavy (non-hydrogen) atoms. The molecule has 1 unspecified atom stereocenters. The molecule has 118 valence electrons. The van der Waals surface area contributed by atoms with Crippen molar-refractivity contribution >= 4 is 5.91 Å². The summed E-state index contributed by atoms with van der Waals surface area (Å²) in [5.41, 5.74) is 1.17. The zero-order valence-corrected chi connectivity index (χ0v) is 13.0. The van der Waals surface area contributed by atoms with Gasteiger partial charge in [-0.1, -0.05) is 26.0 Å². The van der Waals surface area contributed by atoms with Crippen LogP contribution in [-0.2, 0) is 9.53 Å². The van der Waals surface area contributed by atoms with Crippen LogP contribution in [0.25, 0.3) is 0 Å². The third-order valence-corrected chi connectivity index (χ3v) is 3.11. The van der Waals surface area contributed by atoms with Gasteiger partial charge in [0.15, 0.2) is 6.61 Å². The number of rotatable bonds is 9. The van der Waals surface area contributed by atoms with Gasteiger partial charge in [0.05, 0.1) is 12.6 Å². The number of hydrogen-bond donors (Lipinski definition) is 2. The minimum absolute atomic E-state index is 0.00555. The van der Waals surface area contributed by atoms with Gasteiger partial charge in [-0.05, 0) is 30.0 Å². The highest BCUT2D eigenvalue weighted by Gasteiger charge is 2.12. The number of carbonyl (C=O) groups excluding carboxylic acids is 1. The van der Waals surface area contributed by atoms with Crippen LogP contribution in [0.1, 0.15) is 31.7 Å². The van der Waals surface area contributed by atoms with Gasteiger partial charge in [-0.2, -0.15) is 0 Å². The molecule has 1 rings (SSSR count). The van der Waals surface area contributed by atoms with Crippen LogP contribution in [0, 0.1) is 0 Å². The SMILES string of the molecule is COCC(CCO)NC(=O)COc1cccc(C(C)C)c1. The maximum Gasteiger partial charge on any atom is 0.258 e. The summed E-state index contributed by atoms with van der Waals surface area (Å²) in [6, 6.07) is 7.53. The van der Waals surface area contributed by atoms with E-state index in [0.717, 1.165) is 0 Å². The number of benzene rings is 1. The largest absolute Gasteiger partial charge is 0.484 e. The van der Waals surface area contributed by atoms with Gasteiger partial charge in [0, 0.05) is 13.7 Å². The summed E-state index contributed by atoms with van der Waals surface area (Å²) in [7, 11) is 1.56. The lowest BCUT2D eigenvalue weighted by Crippen LogP contribution is -2.41. The fourth-order valence-corrected chi connectivity index (χ4v) is 1.94. The molecule has 0 aromatic heterocycles. The molecule has 0 fully saturated rings. The molecule has 2 N–H and O–H groups in total. The summed E-state index contributed by atoms with van der Waals surface area (Å²) >= 11 is 0. The van der Waals surface area contributed by atoms with E-state index in [9.17, 15) is 4.79 Å². The molecule has 0 saturated carbocycles. The van der Waals surface area contributed by atoms with Crippen molar-refractivity contribution in [1.29, 1.82) is 0 Å². The first-order valence-corrected chi connectivity index (χ1v) is 7.18. The third kappa shape index (κ3) is 6.60. The van der Waals surface area contributed by atoms with Gasteiger partial charge in [0.25, 0.3) is 5.91 Å². The lowest BCUT2D eigenvalue weighted by Gasteiger charge is -2.17. The van der Waals surface area contributed by atoms with E-state index in [2.05, 4.69) is 19.2 Å². The van der Waals surface area contributed by atoms with Crippen LogP contribution in [0.4, 0.5) is 0 Å². The van der Waals surface area contributed by atoms with E-state index >= 15 is 0 Å². The van der Waals surface area contributed by atoms with Crippen molar-refractivity contribution in [2.75, 3.05) is 26.9 Å². The molecule has 0 aliphatic rings. The van der Waals surface area contributed by atoms with Gasteiger partial charge in [0.1, 0.15) is 5.75 Å². The Bertz CT molecular complexity index is 428. The van der Waals surface area contributed by atoms with E-state index in [1.54, 1.807) is 7.11 Å². The van der Waals surface area contributed by atoms with Crippen LogP contribution in [0.3, 0.4) is 0 Å². The van der Waals surface area contributed by atoms with Gasteiger partial charge in [-0.3, -0.25) is 4.79 Å². The Morgan fingerprint density at radius 3 is 2.76 bits per heavy atom. The van der Waals surface area contributed by atoms with E-state index in [1.165, 1.54) is 5.56 Å². The molecule has 0 bridgehead atoms. The van der Waals surface area contributed by atoms with Crippen LogP contribution in [0.2, 0.25) is 0 Å². The standard InChI is InChI=1S/C16H25NO4/c1-12(2)13-5-4-6-15(9-13)21-11-16(19)17-14(7-8-18)10-20-3/h4-6,9,12,14,18H,7-8,10-11H2,1-3H3,(H,17,19). The van der Waals surface area contributed by atoms with E-state index in [0.29, 0.717) is 24.7 Å². The molecule has 0 aliphatic carbocycles. The van der Waals surface area contributed by atoms with Gasteiger partial charge >= 0.3 is 0 Å². The van der Waals surface area contributed by atoms with E-state index in [1.807, 2.05) is 24.3 Å². The van der Waals surface area contributed by atoms with E-state index in [4.69, 9.17) is 14.6 Å². The molecule has 5 nitrogen and oxygen atoms in total. The lowest BCUT2D eigenvalue weighted by atomic mass is 10.0. The quantitative estimate of drug-likeness (QED) is 0.727. The smallest absolute Gasteiger partial charge is 0.258 e. The number of aliphatic hydroxyl groups is 1. The maximum atomic E-state index is 11.8. The highest BCUT2D eigenvalue weighted by molar-refractivity contribution is 5.77. The molecular weight excluding hydrogens is 270 g/mol. The fourth-order valence-electron chi connectivity index (χ4n) is 1.94. The Kier molecular flexibility index (Phi) is 7.79. The number of methoxy groups -OCH3 is 1. The number of hydrogen-bond acceptors (Lipinski definition) is 4. The van der Waals surface area contributed by atoms with Crippen LogP contribution >= 0.6 is 0 Å². The Hall–Kier alpha value is -1.59. The summed E-state index contributed by atoms with van der Waals surface area (Å²) in [4.78, 5) is 11.8. The first kappa shape index (κ1) is 17.5. The number of carbonyl (C=O) groups is 1. The van der Waals surface area contributed by atoms with Gasteiger partial charge in [0.2, 0.25) is 0 Å². The van der Waals surface area contributed by atoms with Crippen molar-refractivity contribution in [1.82, 2.24) is 5.32 Å². The number of amides is 1. The fraction of sp³-hybridized carbons (Fsp3) is 0.562. The Morgan fingerprint density at radius 1 is 1.38 bits per heavy atom. The molecule has 0 radical (unpaired) electrons. The Balaban J connectivity index is 2.46. The normalized spacial score (nSPS) is 12.2. The first-order valence-electron chi connectivity index (χ1n) is 7.18. The third-order valence-electron chi connectivity index (χ3n) is 3.11. The van der Waals surface area contributed by atoms with Crippen molar-refractivity contribution < 1.29 is 19.4 Å². The molecule has 0 spiro atoms.